The second kappa shape index (κ2) is 7.98. The average Bonchev–Trinajstić information content (AvgIpc) is 2.54. The molecule has 1 heterocycles. The summed E-state index contributed by atoms with van der Waals surface area (Å²) in [6, 6.07) is 10.3. The van der Waals surface area contributed by atoms with Crippen molar-refractivity contribution in [2.24, 2.45) is 11.7 Å². The Kier molecular flexibility index (Phi) is 6.89. The van der Waals surface area contributed by atoms with Crippen molar-refractivity contribution in [1.29, 1.82) is 0 Å². The van der Waals surface area contributed by atoms with Crippen molar-refractivity contribution in [3.8, 4) is 0 Å². The van der Waals surface area contributed by atoms with Gasteiger partial charge >= 0.3 is 0 Å². The fourth-order valence-corrected chi connectivity index (χ4v) is 3.06. The SMILES string of the molecule is CCC(C)C(N)C(=O)N1CCC(C)(c2ccccc2)CC1.Cl. The molecule has 1 saturated heterocycles. The first-order chi connectivity index (χ1) is 9.98. The highest BCUT2D eigenvalue weighted by Crippen LogP contribution is 2.35. The van der Waals surface area contributed by atoms with Crippen molar-refractivity contribution < 1.29 is 4.79 Å². The normalized spacial score (nSPS) is 19.9. The lowest BCUT2D eigenvalue weighted by atomic mass is 9.74. The summed E-state index contributed by atoms with van der Waals surface area (Å²) < 4.78 is 0. The average molecular weight is 325 g/mol. The van der Waals surface area contributed by atoms with Gasteiger partial charge < -0.3 is 10.6 Å². The predicted octanol–water partition coefficient (Wildman–Crippen LogP) is 3.36. The van der Waals surface area contributed by atoms with Crippen LogP contribution in [0.25, 0.3) is 0 Å². The van der Waals surface area contributed by atoms with E-state index in [1.807, 2.05) is 4.90 Å². The number of nitrogens with zero attached hydrogens (tertiary/aromatic N) is 1. The number of rotatable bonds is 4. The summed E-state index contributed by atoms with van der Waals surface area (Å²) in [5.41, 5.74) is 7.65. The van der Waals surface area contributed by atoms with E-state index >= 15 is 0 Å². The van der Waals surface area contributed by atoms with Gasteiger partial charge in [-0.1, -0.05) is 57.5 Å². The van der Waals surface area contributed by atoms with Crippen LogP contribution in [-0.2, 0) is 10.2 Å². The lowest BCUT2D eigenvalue weighted by Gasteiger charge is -2.41. The smallest absolute Gasteiger partial charge is 0.239 e. The molecule has 2 atom stereocenters. The minimum atomic E-state index is -0.351. The number of likely N-dealkylation sites (tertiary alicyclic amines) is 1. The summed E-state index contributed by atoms with van der Waals surface area (Å²) in [6.45, 7) is 8.07. The van der Waals surface area contributed by atoms with Crippen LogP contribution < -0.4 is 5.73 Å². The number of halogens is 1. The summed E-state index contributed by atoms with van der Waals surface area (Å²) in [6.07, 6.45) is 2.97. The maximum atomic E-state index is 12.4. The number of benzene rings is 1. The summed E-state index contributed by atoms with van der Waals surface area (Å²) in [4.78, 5) is 14.4. The highest BCUT2D eigenvalue weighted by atomic mass is 35.5. The van der Waals surface area contributed by atoms with Crippen LogP contribution in [0.1, 0.15) is 45.6 Å². The van der Waals surface area contributed by atoms with E-state index in [2.05, 4.69) is 51.1 Å². The minimum Gasteiger partial charge on any atom is -0.341 e. The first-order valence-electron chi connectivity index (χ1n) is 8.08. The molecule has 1 fully saturated rings. The number of hydrogen-bond donors (Lipinski definition) is 1. The molecule has 1 amide bonds. The van der Waals surface area contributed by atoms with Gasteiger partial charge in [-0.15, -0.1) is 12.4 Å². The Morgan fingerprint density at radius 3 is 2.32 bits per heavy atom. The van der Waals surface area contributed by atoms with E-state index in [0.29, 0.717) is 0 Å². The molecule has 1 aliphatic heterocycles. The topological polar surface area (TPSA) is 46.3 Å². The van der Waals surface area contributed by atoms with Crippen molar-refractivity contribution in [2.75, 3.05) is 13.1 Å². The maximum Gasteiger partial charge on any atom is 0.239 e. The minimum absolute atomic E-state index is 0. The van der Waals surface area contributed by atoms with Crippen LogP contribution in [0.4, 0.5) is 0 Å². The Labute approximate surface area is 140 Å². The quantitative estimate of drug-likeness (QED) is 0.923. The Hall–Kier alpha value is -1.06. The monoisotopic (exact) mass is 324 g/mol. The standard InChI is InChI=1S/C18H28N2O.ClH/c1-4-14(2)16(19)17(21)20-12-10-18(3,11-13-20)15-8-6-5-7-9-15;/h5-9,14,16H,4,10-13,19H2,1-3H3;1H. The van der Waals surface area contributed by atoms with Crippen molar-refractivity contribution >= 4 is 18.3 Å². The zero-order valence-electron chi connectivity index (χ0n) is 13.9. The van der Waals surface area contributed by atoms with Gasteiger partial charge in [-0.2, -0.15) is 0 Å². The van der Waals surface area contributed by atoms with Crippen molar-refractivity contribution in [2.45, 2.75) is 51.5 Å². The first kappa shape index (κ1) is 19.0. The van der Waals surface area contributed by atoms with E-state index in [9.17, 15) is 4.79 Å². The molecule has 0 aromatic heterocycles. The Morgan fingerprint density at radius 2 is 1.82 bits per heavy atom. The number of carbonyl (C=O) groups excluding carboxylic acids is 1. The summed E-state index contributed by atoms with van der Waals surface area (Å²) >= 11 is 0. The molecule has 124 valence electrons. The van der Waals surface area contributed by atoms with E-state index in [1.165, 1.54) is 5.56 Å². The number of piperidine rings is 1. The van der Waals surface area contributed by atoms with Gasteiger partial charge in [-0.3, -0.25) is 4.79 Å². The van der Waals surface area contributed by atoms with Crippen molar-refractivity contribution in [1.82, 2.24) is 4.90 Å². The first-order valence-corrected chi connectivity index (χ1v) is 8.08. The van der Waals surface area contributed by atoms with Gasteiger partial charge in [0.1, 0.15) is 0 Å². The second-order valence-electron chi connectivity index (χ2n) is 6.66. The molecule has 4 heteroatoms. The molecule has 2 unspecified atom stereocenters. The molecular formula is C18H29ClN2O. The molecule has 1 aromatic carbocycles. The third kappa shape index (κ3) is 4.02. The molecule has 0 spiro atoms. The predicted molar refractivity (Wildman–Crippen MR) is 94.3 cm³/mol. The van der Waals surface area contributed by atoms with E-state index in [4.69, 9.17) is 5.73 Å². The fourth-order valence-electron chi connectivity index (χ4n) is 3.06. The third-order valence-corrected chi connectivity index (χ3v) is 5.19. The van der Waals surface area contributed by atoms with Gasteiger partial charge in [0.25, 0.3) is 0 Å². The number of amides is 1. The molecule has 3 nitrogen and oxygen atoms in total. The van der Waals surface area contributed by atoms with Crippen LogP contribution in [0.15, 0.2) is 30.3 Å². The van der Waals surface area contributed by atoms with Crippen LogP contribution >= 0.6 is 12.4 Å². The van der Waals surface area contributed by atoms with Crippen LogP contribution in [0.5, 0.6) is 0 Å². The van der Waals surface area contributed by atoms with Crippen molar-refractivity contribution in [3.63, 3.8) is 0 Å². The summed E-state index contributed by atoms with van der Waals surface area (Å²) in [7, 11) is 0. The van der Waals surface area contributed by atoms with Gasteiger partial charge in [0.2, 0.25) is 5.91 Å². The highest BCUT2D eigenvalue weighted by molar-refractivity contribution is 5.85. The lowest BCUT2D eigenvalue weighted by molar-refractivity contribution is -0.135. The molecule has 2 rings (SSSR count). The third-order valence-electron chi connectivity index (χ3n) is 5.19. The molecule has 1 aromatic rings. The molecule has 0 saturated carbocycles. The van der Waals surface area contributed by atoms with Crippen LogP contribution in [0.2, 0.25) is 0 Å². The summed E-state index contributed by atoms with van der Waals surface area (Å²) in [5, 5.41) is 0. The second-order valence-corrected chi connectivity index (χ2v) is 6.66. The molecule has 0 bridgehead atoms. The Balaban J connectivity index is 0.00000242. The maximum absolute atomic E-state index is 12.4. The molecule has 22 heavy (non-hydrogen) atoms. The lowest BCUT2D eigenvalue weighted by Crippen LogP contribution is -2.51. The zero-order valence-corrected chi connectivity index (χ0v) is 14.7. The summed E-state index contributed by atoms with van der Waals surface area (Å²) in [5.74, 6) is 0.374. The molecule has 1 aliphatic rings. The van der Waals surface area contributed by atoms with E-state index in [1.54, 1.807) is 0 Å². The zero-order chi connectivity index (χ0) is 15.5. The fraction of sp³-hybridized carbons (Fsp3) is 0.611. The Morgan fingerprint density at radius 1 is 1.27 bits per heavy atom. The van der Waals surface area contributed by atoms with Crippen LogP contribution in [-0.4, -0.2) is 29.9 Å². The number of nitrogens with two attached hydrogens (primary N) is 1. The van der Waals surface area contributed by atoms with Gasteiger partial charge in [-0.25, -0.2) is 0 Å². The number of carbonyl (C=O) groups is 1. The Bertz CT molecular complexity index is 469. The highest BCUT2D eigenvalue weighted by Gasteiger charge is 2.35. The van der Waals surface area contributed by atoms with Gasteiger partial charge in [-0.05, 0) is 29.7 Å². The molecule has 0 aliphatic carbocycles. The van der Waals surface area contributed by atoms with Gasteiger partial charge in [0, 0.05) is 13.1 Å². The van der Waals surface area contributed by atoms with Gasteiger partial charge in [0.05, 0.1) is 6.04 Å². The molecule has 2 N–H and O–H groups in total. The largest absolute Gasteiger partial charge is 0.341 e. The molecular weight excluding hydrogens is 296 g/mol. The van der Waals surface area contributed by atoms with E-state index in [0.717, 1.165) is 32.4 Å². The van der Waals surface area contributed by atoms with Gasteiger partial charge in [0.15, 0.2) is 0 Å². The van der Waals surface area contributed by atoms with Crippen LogP contribution in [0.3, 0.4) is 0 Å². The van der Waals surface area contributed by atoms with Crippen LogP contribution in [0, 0.1) is 5.92 Å². The molecule has 0 radical (unpaired) electrons. The number of hydrogen-bond acceptors (Lipinski definition) is 2. The van der Waals surface area contributed by atoms with E-state index in [-0.39, 0.29) is 35.7 Å². The van der Waals surface area contributed by atoms with E-state index < -0.39 is 0 Å². The van der Waals surface area contributed by atoms with Crippen molar-refractivity contribution in [3.05, 3.63) is 35.9 Å².